The molecule has 28 heavy (non-hydrogen) atoms. The summed E-state index contributed by atoms with van der Waals surface area (Å²) >= 11 is 0. The molecule has 2 saturated heterocycles. The number of nitrogens with zero attached hydrogens (tertiary/aromatic N) is 4. The Morgan fingerprint density at radius 3 is 3.00 bits per heavy atom. The minimum Gasteiger partial charge on any atom is -0.380 e. The van der Waals surface area contributed by atoms with E-state index < -0.39 is 0 Å². The second-order valence-corrected chi connectivity index (χ2v) is 8.49. The Labute approximate surface area is 166 Å². The summed E-state index contributed by atoms with van der Waals surface area (Å²) in [5, 5.41) is 4.39. The molecule has 0 saturated carbocycles. The van der Waals surface area contributed by atoms with Crippen molar-refractivity contribution in [3.8, 4) is 0 Å². The Morgan fingerprint density at radius 1 is 1.32 bits per heavy atom. The largest absolute Gasteiger partial charge is 0.380 e. The lowest BCUT2D eigenvalue weighted by Gasteiger charge is -2.36. The molecule has 1 aromatic heterocycles. The van der Waals surface area contributed by atoms with Crippen molar-refractivity contribution >= 4 is 5.91 Å². The molecule has 4 heterocycles. The van der Waals surface area contributed by atoms with Crippen molar-refractivity contribution < 1.29 is 9.53 Å². The predicted molar refractivity (Wildman–Crippen MR) is 105 cm³/mol. The van der Waals surface area contributed by atoms with Crippen molar-refractivity contribution in [2.24, 2.45) is 11.3 Å². The van der Waals surface area contributed by atoms with Crippen LogP contribution in [-0.2, 0) is 35.6 Å². The Hall–Kier alpha value is -2.18. The van der Waals surface area contributed by atoms with Gasteiger partial charge >= 0.3 is 0 Å². The van der Waals surface area contributed by atoms with E-state index in [1.54, 1.807) is 0 Å². The molecule has 2 atom stereocenters. The smallest absolute Gasteiger partial charge is 0.233 e. The topological polar surface area (TPSA) is 50.6 Å². The maximum absolute atomic E-state index is 13.7. The summed E-state index contributed by atoms with van der Waals surface area (Å²) in [4.78, 5) is 18.2. The lowest BCUT2D eigenvalue weighted by atomic mass is 9.79. The van der Waals surface area contributed by atoms with Crippen LogP contribution < -0.4 is 0 Å². The summed E-state index contributed by atoms with van der Waals surface area (Å²) in [6, 6.07) is 8.50. The van der Waals surface area contributed by atoms with Gasteiger partial charge in [-0.3, -0.25) is 14.4 Å². The van der Waals surface area contributed by atoms with Gasteiger partial charge in [0.15, 0.2) is 0 Å². The maximum atomic E-state index is 13.7. The molecule has 0 spiro atoms. The van der Waals surface area contributed by atoms with Gasteiger partial charge in [-0.05, 0) is 24.5 Å². The van der Waals surface area contributed by atoms with E-state index in [0.29, 0.717) is 19.1 Å². The van der Waals surface area contributed by atoms with Gasteiger partial charge < -0.3 is 9.64 Å². The van der Waals surface area contributed by atoms with E-state index in [0.717, 1.165) is 45.7 Å². The summed E-state index contributed by atoms with van der Waals surface area (Å²) in [7, 11) is 0. The molecule has 0 bridgehead atoms. The molecule has 6 nitrogen and oxygen atoms in total. The van der Waals surface area contributed by atoms with Gasteiger partial charge in [0.25, 0.3) is 0 Å². The number of aryl methyl sites for hydroxylation is 1. The number of rotatable bonds is 4. The highest BCUT2D eigenvalue weighted by Crippen LogP contribution is 2.44. The second kappa shape index (κ2) is 7.01. The van der Waals surface area contributed by atoms with Crippen LogP contribution in [0, 0.1) is 11.3 Å². The zero-order chi connectivity index (χ0) is 19.1. The highest BCUT2D eigenvalue weighted by Gasteiger charge is 2.57. The first-order valence-electron chi connectivity index (χ1n) is 10.4. The highest BCUT2D eigenvalue weighted by atomic mass is 16.5. The fraction of sp³-hybridized carbons (Fsp3) is 0.545. The van der Waals surface area contributed by atoms with E-state index in [4.69, 9.17) is 4.74 Å². The van der Waals surface area contributed by atoms with Gasteiger partial charge in [-0.1, -0.05) is 24.3 Å². The van der Waals surface area contributed by atoms with Gasteiger partial charge in [-0.25, -0.2) is 0 Å². The van der Waals surface area contributed by atoms with E-state index in [9.17, 15) is 4.79 Å². The monoisotopic (exact) mass is 380 g/mol. The molecular weight excluding hydrogens is 352 g/mol. The minimum absolute atomic E-state index is 0.288. The van der Waals surface area contributed by atoms with Crippen molar-refractivity contribution in [2.45, 2.75) is 33.0 Å². The molecule has 1 aromatic carbocycles. The molecule has 0 radical (unpaired) electrons. The number of carbonyl (C=O) groups excluding carboxylic acids is 1. The third-order valence-corrected chi connectivity index (χ3v) is 6.71. The number of aromatic nitrogens is 2. The summed E-state index contributed by atoms with van der Waals surface area (Å²) in [5.41, 5.74) is 3.50. The molecular formula is C22H28N4O2. The number of carbonyl (C=O) groups is 1. The molecule has 6 heteroatoms. The van der Waals surface area contributed by atoms with E-state index in [1.807, 2.05) is 10.9 Å². The van der Waals surface area contributed by atoms with E-state index in [2.05, 4.69) is 52.3 Å². The van der Waals surface area contributed by atoms with Gasteiger partial charge in [0.1, 0.15) is 0 Å². The molecule has 0 aliphatic carbocycles. The quantitative estimate of drug-likeness (QED) is 0.813. The SMILES string of the molecule is CCn1cc(CN2C[C@@H]3COC[C@]3(C(=O)N3CCc4ccccc4C3)C2)cn1. The summed E-state index contributed by atoms with van der Waals surface area (Å²) in [6.45, 7) is 8.34. The number of amides is 1. The average Bonchev–Trinajstić information content (AvgIpc) is 3.42. The molecule has 0 unspecified atom stereocenters. The van der Waals surface area contributed by atoms with Crippen LogP contribution >= 0.6 is 0 Å². The number of benzene rings is 1. The summed E-state index contributed by atoms with van der Waals surface area (Å²) in [6.07, 6.45) is 5.01. The van der Waals surface area contributed by atoms with Crippen molar-refractivity contribution in [1.29, 1.82) is 0 Å². The highest BCUT2D eigenvalue weighted by molar-refractivity contribution is 5.84. The zero-order valence-corrected chi connectivity index (χ0v) is 16.5. The van der Waals surface area contributed by atoms with Crippen molar-refractivity contribution in [3.05, 3.63) is 53.3 Å². The first kappa shape index (κ1) is 17.9. The van der Waals surface area contributed by atoms with Crippen molar-refractivity contribution in [3.63, 3.8) is 0 Å². The molecule has 148 valence electrons. The number of hydrogen-bond acceptors (Lipinski definition) is 4. The van der Waals surface area contributed by atoms with Gasteiger partial charge in [-0.15, -0.1) is 0 Å². The van der Waals surface area contributed by atoms with Crippen LogP contribution in [0.4, 0.5) is 0 Å². The van der Waals surface area contributed by atoms with Gasteiger partial charge in [-0.2, -0.15) is 5.10 Å². The van der Waals surface area contributed by atoms with Gasteiger partial charge in [0, 0.05) is 56.9 Å². The van der Waals surface area contributed by atoms with Crippen LogP contribution in [-0.4, -0.2) is 58.3 Å². The third-order valence-electron chi connectivity index (χ3n) is 6.71. The van der Waals surface area contributed by atoms with Crippen LogP contribution in [0.5, 0.6) is 0 Å². The average molecular weight is 380 g/mol. The summed E-state index contributed by atoms with van der Waals surface area (Å²) in [5.74, 6) is 0.578. The standard InChI is InChI=1S/C22H28N4O2/c1-2-26-11-17(9-23-26)10-24-13-20-14-28-16-22(20,15-24)21(27)25-8-7-18-5-3-4-6-19(18)12-25/h3-6,9,11,20H,2,7-8,10,12-16H2,1H3/t20-,22-/m1/s1. The fourth-order valence-electron chi connectivity index (χ4n) is 5.17. The number of hydrogen-bond donors (Lipinski definition) is 0. The molecule has 5 rings (SSSR count). The van der Waals surface area contributed by atoms with Crippen LogP contribution in [0.2, 0.25) is 0 Å². The Bertz CT molecular complexity index is 879. The Kier molecular flexibility index (Phi) is 4.48. The molecule has 0 N–H and O–H groups in total. The minimum atomic E-state index is -0.382. The normalized spacial score (nSPS) is 27.0. The van der Waals surface area contributed by atoms with Crippen LogP contribution in [0.15, 0.2) is 36.7 Å². The molecule has 3 aliphatic rings. The van der Waals surface area contributed by atoms with E-state index >= 15 is 0 Å². The maximum Gasteiger partial charge on any atom is 0.233 e. The van der Waals surface area contributed by atoms with Crippen LogP contribution in [0.1, 0.15) is 23.6 Å². The molecule has 1 amide bonds. The second-order valence-electron chi connectivity index (χ2n) is 8.49. The van der Waals surface area contributed by atoms with E-state index in [1.165, 1.54) is 16.7 Å². The molecule has 2 fully saturated rings. The summed E-state index contributed by atoms with van der Waals surface area (Å²) < 4.78 is 7.79. The first-order valence-corrected chi connectivity index (χ1v) is 10.4. The van der Waals surface area contributed by atoms with Crippen molar-refractivity contribution in [1.82, 2.24) is 19.6 Å². The number of likely N-dealkylation sites (tertiary alicyclic amines) is 1. The third kappa shape index (κ3) is 2.95. The molecule has 3 aliphatic heterocycles. The lowest BCUT2D eigenvalue weighted by Crippen LogP contribution is -2.50. The zero-order valence-electron chi connectivity index (χ0n) is 16.5. The van der Waals surface area contributed by atoms with Crippen LogP contribution in [0.3, 0.4) is 0 Å². The van der Waals surface area contributed by atoms with Crippen molar-refractivity contribution in [2.75, 3.05) is 32.8 Å². The first-order chi connectivity index (χ1) is 13.7. The fourth-order valence-corrected chi connectivity index (χ4v) is 5.17. The number of fused-ring (bicyclic) bond motifs is 2. The Morgan fingerprint density at radius 2 is 2.18 bits per heavy atom. The lowest BCUT2D eigenvalue weighted by molar-refractivity contribution is -0.144. The van der Waals surface area contributed by atoms with Gasteiger partial charge in [0.05, 0.1) is 24.8 Å². The Balaban J connectivity index is 1.32. The predicted octanol–water partition coefficient (Wildman–Crippen LogP) is 1.94. The molecule has 2 aromatic rings. The number of ether oxygens (including phenoxy) is 1. The van der Waals surface area contributed by atoms with E-state index in [-0.39, 0.29) is 11.3 Å². The van der Waals surface area contributed by atoms with Gasteiger partial charge in [0.2, 0.25) is 5.91 Å². The van der Waals surface area contributed by atoms with Crippen LogP contribution in [0.25, 0.3) is 0 Å².